The average Bonchev–Trinajstić information content (AvgIpc) is 2.66. The molecule has 0 bridgehead atoms. The summed E-state index contributed by atoms with van der Waals surface area (Å²) in [6.07, 6.45) is -9.04. The van der Waals surface area contributed by atoms with Crippen LogP contribution in [0, 0.1) is 11.3 Å². The lowest BCUT2D eigenvalue weighted by Crippen LogP contribution is -2.47. The van der Waals surface area contributed by atoms with E-state index in [9.17, 15) is 26.3 Å². The Kier molecular flexibility index (Phi) is 5.10. The number of anilines is 2. The molecular weight excluding hydrogens is 386 g/mol. The van der Waals surface area contributed by atoms with E-state index in [-0.39, 0.29) is 24.5 Å². The Hall–Kier alpha value is -2.96. The lowest BCUT2D eigenvalue weighted by atomic mass is 10.1. The SMILES string of the molecule is N#Cc1ccc(C(F)(F)F)nc1N1CCN(c2ccc(C(F)(F)F)cc2)CC1. The Morgan fingerprint density at radius 3 is 1.86 bits per heavy atom. The van der Waals surface area contributed by atoms with Gasteiger partial charge in [0.05, 0.1) is 11.1 Å². The highest BCUT2D eigenvalue weighted by molar-refractivity contribution is 5.57. The molecule has 148 valence electrons. The lowest BCUT2D eigenvalue weighted by molar-refractivity contribution is -0.141. The number of nitriles is 1. The van der Waals surface area contributed by atoms with E-state index in [2.05, 4.69) is 4.98 Å². The van der Waals surface area contributed by atoms with Gasteiger partial charge in [-0.3, -0.25) is 0 Å². The second-order valence-electron chi connectivity index (χ2n) is 6.20. The molecule has 2 heterocycles. The third kappa shape index (κ3) is 4.13. The van der Waals surface area contributed by atoms with Crippen LogP contribution in [0.1, 0.15) is 16.8 Å². The summed E-state index contributed by atoms with van der Waals surface area (Å²) in [5.41, 5.74) is -1.20. The second kappa shape index (κ2) is 7.22. The molecular formula is C18H14F6N4. The number of nitrogens with zero attached hydrogens (tertiary/aromatic N) is 4. The van der Waals surface area contributed by atoms with Crippen LogP contribution in [0.5, 0.6) is 0 Å². The number of rotatable bonds is 2. The predicted octanol–water partition coefficient (Wildman–Crippen LogP) is 4.32. The fourth-order valence-corrected chi connectivity index (χ4v) is 2.97. The van der Waals surface area contributed by atoms with Crippen molar-refractivity contribution in [3.63, 3.8) is 0 Å². The van der Waals surface area contributed by atoms with E-state index in [0.717, 1.165) is 24.3 Å². The summed E-state index contributed by atoms with van der Waals surface area (Å²) in [6, 6.07) is 8.40. The van der Waals surface area contributed by atoms with Crippen molar-refractivity contribution in [1.82, 2.24) is 4.98 Å². The summed E-state index contributed by atoms with van der Waals surface area (Å²) in [5.74, 6) is -0.0376. The number of halogens is 6. The van der Waals surface area contributed by atoms with Gasteiger partial charge in [-0.15, -0.1) is 0 Å². The van der Waals surface area contributed by atoms with Gasteiger partial charge >= 0.3 is 12.4 Å². The summed E-state index contributed by atoms with van der Waals surface area (Å²) in [5, 5.41) is 9.16. The van der Waals surface area contributed by atoms with Gasteiger partial charge in [-0.25, -0.2) is 4.98 Å². The molecule has 1 fully saturated rings. The molecule has 0 spiro atoms. The summed E-state index contributed by atoms with van der Waals surface area (Å²) in [6.45, 7) is 1.30. The molecule has 10 heteroatoms. The van der Waals surface area contributed by atoms with Crippen LogP contribution in [0.4, 0.5) is 37.8 Å². The van der Waals surface area contributed by atoms with Crippen molar-refractivity contribution >= 4 is 11.5 Å². The number of piperazine rings is 1. The maximum Gasteiger partial charge on any atom is 0.433 e. The molecule has 1 aliphatic heterocycles. The predicted molar refractivity (Wildman–Crippen MR) is 89.8 cm³/mol. The molecule has 0 N–H and O–H groups in total. The Morgan fingerprint density at radius 1 is 0.786 bits per heavy atom. The first-order chi connectivity index (χ1) is 13.1. The Morgan fingerprint density at radius 2 is 1.36 bits per heavy atom. The van der Waals surface area contributed by atoms with Crippen molar-refractivity contribution in [3.8, 4) is 6.07 Å². The van der Waals surface area contributed by atoms with Crippen LogP contribution in [0.25, 0.3) is 0 Å². The van der Waals surface area contributed by atoms with E-state index in [1.165, 1.54) is 12.1 Å². The first-order valence-corrected chi connectivity index (χ1v) is 8.25. The van der Waals surface area contributed by atoms with Crippen LogP contribution in [-0.4, -0.2) is 31.2 Å². The molecule has 0 saturated carbocycles. The highest BCUT2D eigenvalue weighted by atomic mass is 19.4. The van der Waals surface area contributed by atoms with Gasteiger partial charge in [0.2, 0.25) is 0 Å². The fraction of sp³-hybridized carbons (Fsp3) is 0.333. The largest absolute Gasteiger partial charge is 0.433 e. The van der Waals surface area contributed by atoms with Crippen molar-refractivity contribution in [2.24, 2.45) is 0 Å². The van der Waals surface area contributed by atoms with Gasteiger partial charge in [0.1, 0.15) is 17.6 Å². The summed E-state index contributed by atoms with van der Waals surface area (Å²) < 4.78 is 76.7. The molecule has 1 aromatic carbocycles. The first kappa shape index (κ1) is 19.8. The Balaban J connectivity index is 1.74. The van der Waals surface area contributed by atoms with Crippen LogP contribution >= 0.6 is 0 Å². The van der Waals surface area contributed by atoms with Crippen molar-refractivity contribution in [2.45, 2.75) is 12.4 Å². The number of aromatic nitrogens is 1. The van der Waals surface area contributed by atoms with Gasteiger partial charge < -0.3 is 9.80 Å². The summed E-state index contributed by atoms with van der Waals surface area (Å²) in [7, 11) is 0. The molecule has 3 rings (SSSR count). The van der Waals surface area contributed by atoms with Crippen molar-refractivity contribution in [3.05, 3.63) is 53.2 Å². The molecule has 1 aromatic heterocycles. The van der Waals surface area contributed by atoms with E-state index in [0.29, 0.717) is 18.8 Å². The average molecular weight is 400 g/mol. The smallest absolute Gasteiger partial charge is 0.368 e. The van der Waals surface area contributed by atoms with Crippen LogP contribution in [-0.2, 0) is 12.4 Å². The van der Waals surface area contributed by atoms with E-state index in [4.69, 9.17) is 5.26 Å². The van der Waals surface area contributed by atoms with Crippen molar-refractivity contribution in [2.75, 3.05) is 36.0 Å². The zero-order valence-electron chi connectivity index (χ0n) is 14.3. The van der Waals surface area contributed by atoms with Crippen LogP contribution in [0.3, 0.4) is 0 Å². The molecule has 0 radical (unpaired) electrons. The Bertz CT molecular complexity index is 875. The van der Waals surface area contributed by atoms with Gasteiger partial charge in [0, 0.05) is 31.9 Å². The zero-order chi connectivity index (χ0) is 20.5. The van der Waals surface area contributed by atoms with E-state index >= 15 is 0 Å². The highest BCUT2D eigenvalue weighted by Gasteiger charge is 2.34. The number of alkyl halides is 6. The molecule has 28 heavy (non-hydrogen) atoms. The molecule has 0 amide bonds. The number of benzene rings is 1. The normalized spacial score (nSPS) is 15.5. The topological polar surface area (TPSA) is 43.2 Å². The zero-order valence-corrected chi connectivity index (χ0v) is 14.3. The monoisotopic (exact) mass is 400 g/mol. The van der Waals surface area contributed by atoms with Crippen molar-refractivity contribution < 1.29 is 26.3 Å². The summed E-state index contributed by atoms with van der Waals surface area (Å²) >= 11 is 0. The maximum absolute atomic E-state index is 12.9. The minimum atomic E-state index is -4.62. The molecule has 2 aromatic rings. The first-order valence-electron chi connectivity index (χ1n) is 8.25. The second-order valence-corrected chi connectivity index (χ2v) is 6.20. The molecule has 0 unspecified atom stereocenters. The molecule has 0 atom stereocenters. The van der Waals surface area contributed by atoms with Gasteiger partial charge in [-0.05, 0) is 36.4 Å². The molecule has 1 aliphatic rings. The Labute approximate surface area is 156 Å². The fourth-order valence-electron chi connectivity index (χ4n) is 2.97. The van der Waals surface area contributed by atoms with Crippen LogP contribution in [0.2, 0.25) is 0 Å². The number of pyridine rings is 1. The van der Waals surface area contributed by atoms with Crippen LogP contribution < -0.4 is 9.80 Å². The quantitative estimate of drug-likeness (QED) is 0.705. The number of hydrogen-bond acceptors (Lipinski definition) is 4. The molecule has 0 aliphatic carbocycles. The number of hydrogen-bond donors (Lipinski definition) is 0. The molecule has 4 nitrogen and oxygen atoms in total. The minimum absolute atomic E-state index is 0.0376. The third-order valence-corrected chi connectivity index (χ3v) is 4.42. The van der Waals surface area contributed by atoms with Crippen molar-refractivity contribution in [1.29, 1.82) is 5.26 Å². The third-order valence-electron chi connectivity index (χ3n) is 4.42. The van der Waals surface area contributed by atoms with E-state index in [1.54, 1.807) is 4.90 Å². The molecule has 1 saturated heterocycles. The van der Waals surface area contributed by atoms with E-state index < -0.39 is 23.6 Å². The highest BCUT2D eigenvalue weighted by Crippen LogP contribution is 2.32. The van der Waals surface area contributed by atoms with Crippen LogP contribution in [0.15, 0.2) is 36.4 Å². The minimum Gasteiger partial charge on any atom is -0.368 e. The van der Waals surface area contributed by atoms with Gasteiger partial charge in [0.15, 0.2) is 0 Å². The van der Waals surface area contributed by atoms with Gasteiger partial charge in [0.25, 0.3) is 0 Å². The standard InChI is InChI=1S/C18H14F6N4/c19-17(20,21)13-2-4-14(5-3-13)27-7-9-28(10-8-27)16-12(11-25)1-6-15(26-16)18(22,23)24/h1-6H,7-10H2. The van der Waals surface area contributed by atoms with Gasteiger partial charge in [-0.1, -0.05) is 0 Å². The van der Waals surface area contributed by atoms with Gasteiger partial charge in [-0.2, -0.15) is 31.6 Å². The maximum atomic E-state index is 12.9. The summed E-state index contributed by atoms with van der Waals surface area (Å²) in [4.78, 5) is 7.02. The lowest BCUT2D eigenvalue weighted by Gasteiger charge is -2.37. The van der Waals surface area contributed by atoms with E-state index in [1.807, 2.05) is 11.0 Å².